The molecule has 0 saturated heterocycles. The lowest BCUT2D eigenvalue weighted by molar-refractivity contribution is 0.0709. The summed E-state index contributed by atoms with van der Waals surface area (Å²) in [5, 5.41) is 0. The Labute approximate surface area is 68.8 Å². The first kappa shape index (κ1) is 8.35. The average Bonchev–Trinajstić information content (AvgIpc) is 2.09. The first-order valence-electron chi connectivity index (χ1n) is 3.80. The van der Waals surface area contributed by atoms with Crippen LogP contribution in [0.25, 0.3) is 0 Å². The summed E-state index contributed by atoms with van der Waals surface area (Å²) >= 11 is 0. The highest BCUT2D eigenvalue weighted by atomic mass is 35.5. The van der Waals surface area contributed by atoms with Crippen LogP contribution in [0.4, 0.5) is 0 Å². The van der Waals surface area contributed by atoms with Crippen LogP contribution in [0, 0.1) is 10.8 Å². The average molecular weight is 162 g/mol. The van der Waals surface area contributed by atoms with Crippen molar-refractivity contribution in [1.29, 1.82) is 0 Å². The molecule has 60 valence electrons. The van der Waals surface area contributed by atoms with Gasteiger partial charge in [0.05, 0.1) is 0 Å². The molecule has 1 atom stereocenters. The number of halogens is 1. The molecule has 0 aromatic carbocycles. The van der Waals surface area contributed by atoms with E-state index >= 15 is 0 Å². The van der Waals surface area contributed by atoms with Gasteiger partial charge in [0.15, 0.2) is 0 Å². The predicted octanol–water partition coefficient (Wildman–Crippen LogP) is 1.95. The zero-order valence-electron chi connectivity index (χ0n) is 6.68. The molecule has 2 saturated carbocycles. The second-order valence-corrected chi connectivity index (χ2v) is 4.69. The molecule has 2 aliphatic carbocycles. The Morgan fingerprint density at radius 1 is 1.30 bits per heavy atom. The molecular weight excluding hydrogens is 146 g/mol. The van der Waals surface area contributed by atoms with E-state index in [1.165, 1.54) is 19.3 Å². The number of hydrogen-bond donors (Lipinski definition) is 1. The van der Waals surface area contributed by atoms with E-state index in [9.17, 15) is 0 Å². The molecule has 2 N–H and O–H groups in total. The van der Waals surface area contributed by atoms with E-state index in [4.69, 9.17) is 5.73 Å². The fraction of sp³-hybridized carbons (Fsp3) is 1.00. The quantitative estimate of drug-likeness (QED) is 0.578. The number of nitrogens with two attached hydrogens (primary N) is 1. The lowest BCUT2D eigenvalue weighted by atomic mass is 9.61. The zero-order chi connectivity index (χ0) is 6.70. The van der Waals surface area contributed by atoms with Gasteiger partial charge in [-0.3, -0.25) is 0 Å². The molecule has 10 heavy (non-hydrogen) atoms. The van der Waals surface area contributed by atoms with E-state index in [0.29, 0.717) is 16.9 Å². The molecule has 0 heterocycles. The molecule has 0 aromatic heterocycles. The van der Waals surface area contributed by atoms with Gasteiger partial charge in [-0.1, -0.05) is 13.8 Å². The van der Waals surface area contributed by atoms with E-state index in [-0.39, 0.29) is 12.4 Å². The van der Waals surface area contributed by atoms with Crippen molar-refractivity contribution >= 4 is 12.4 Å². The van der Waals surface area contributed by atoms with Crippen molar-refractivity contribution in [3.8, 4) is 0 Å². The molecule has 1 spiro atoms. The van der Waals surface area contributed by atoms with Crippen molar-refractivity contribution in [2.75, 3.05) is 0 Å². The fourth-order valence-corrected chi connectivity index (χ4v) is 2.64. The van der Waals surface area contributed by atoms with Crippen LogP contribution in [0.3, 0.4) is 0 Å². The molecule has 2 heteroatoms. The monoisotopic (exact) mass is 161 g/mol. The molecule has 2 rings (SSSR count). The van der Waals surface area contributed by atoms with Gasteiger partial charge in [-0.15, -0.1) is 12.4 Å². The molecule has 2 fully saturated rings. The highest BCUT2D eigenvalue weighted by molar-refractivity contribution is 5.85. The van der Waals surface area contributed by atoms with Gasteiger partial charge < -0.3 is 5.73 Å². The van der Waals surface area contributed by atoms with Gasteiger partial charge in [0.25, 0.3) is 0 Å². The Kier molecular flexibility index (Phi) is 1.58. The van der Waals surface area contributed by atoms with E-state index in [2.05, 4.69) is 13.8 Å². The summed E-state index contributed by atoms with van der Waals surface area (Å²) in [5.74, 6) is 0. The molecule has 0 aromatic rings. The molecule has 1 nitrogen and oxygen atoms in total. The summed E-state index contributed by atoms with van der Waals surface area (Å²) in [5.41, 5.74) is 7.05. The summed E-state index contributed by atoms with van der Waals surface area (Å²) in [6, 6.07) is 0.561. The summed E-state index contributed by atoms with van der Waals surface area (Å²) in [6.07, 6.45) is 4.05. The van der Waals surface area contributed by atoms with Gasteiger partial charge in [-0.05, 0) is 30.1 Å². The fourth-order valence-electron chi connectivity index (χ4n) is 2.64. The van der Waals surface area contributed by atoms with E-state index < -0.39 is 0 Å². The minimum absolute atomic E-state index is 0. The van der Waals surface area contributed by atoms with Gasteiger partial charge >= 0.3 is 0 Å². The van der Waals surface area contributed by atoms with Crippen LogP contribution in [-0.2, 0) is 0 Å². The molecule has 0 amide bonds. The van der Waals surface area contributed by atoms with Crippen molar-refractivity contribution in [3.63, 3.8) is 0 Å². The summed E-state index contributed by atoms with van der Waals surface area (Å²) in [4.78, 5) is 0. The van der Waals surface area contributed by atoms with Crippen LogP contribution in [-0.4, -0.2) is 6.04 Å². The Hall–Kier alpha value is 0.250. The van der Waals surface area contributed by atoms with Gasteiger partial charge in [0, 0.05) is 6.04 Å². The molecule has 0 radical (unpaired) electrons. The minimum Gasteiger partial charge on any atom is -0.327 e. The maximum atomic E-state index is 5.78. The molecule has 0 aliphatic heterocycles. The lowest BCUT2D eigenvalue weighted by Gasteiger charge is -2.44. The third-order valence-corrected chi connectivity index (χ3v) is 2.91. The highest BCUT2D eigenvalue weighted by Crippen LogP contribution is 2.67. The van der Waals surface area contributed by atoms with Gasteiger partial charge in [-0.25, -0.2) is 0 Å². The van der Waals surface area contributed by atoms with E-state index in [1.54, 1.807) is 0 Å². The largest absolute Gasteiger partial charge is 0.327 e. The van der Waals surface area contributed by atoms with Crippen LogP contribution >= 0.6 is 12.4 Å². The van der Waals surface area contributed by atoms with Crippen molar-refractivity contribution in [2.24, 2.45) is 16.6 Å². The van der Waals surface area contributed by atoms with E-state index in [1.807, 2.05) is 0 Å². The Morgan fingerprint density at radius 3 is 1.80 bits per heavy atom. The Morgan fingerprint density at radius 2 is 1.70 bits per heavy atom. The minimum atomic E-state index is 0. The topological polar surface area (TPSA) is 26.0 Å². The molecular formula is C8H16ClN. The number of hydrogen-bond acceptors (Lipinski definition) is 1. The second-order valence-electron chi connectivity index (χ2n) is 4.69. The SMILES string of the molecule is CC1(C)CC2(CC2N)C1.Cl. The van der Waals surface area contributed by atoms with E-state index in [0.717, 1.165) is 0 Å². The van der Waals surface area contributed by atoms with Crippen molar-refractivity contribution < 1.29 is 0 Å². The van der Waals surface area contributed by atoms with Crippen molar-refractivity contribution in [2.45, 2.75) is 39.2 Å². The van der Waals surface area contributed by atoms with Crippen molar-refractivity contribution in [3.05, 3.63) is 0 Å². The maximum absolute atomic E-state index is 5.78. The molecule has 2 aliphatic rings. The molecule has 0 bridgehead atoms. The third-order valence-electron chi connectivity index (χ3n) is 2.91. The number of rotatable bonds is 0. The summed E-state index contributed by atoms with van der Waals surface area (Å²) in [6.45, 7) is 4.67. The van der Waals surface area contributed by atoms with Crippen LogP contribution in [0.2, 0.25) is 0 Å². The second kappa shape index (κ2) is 1.89. The molecule has 1 unspecified atom stereocenters. The standard InChI is InChI=1S/C8H15N.ClH/c1-7(2)4-8(5-7)3-6(8)9;/h6H,3-5,9H2,1-2H3;1H. The summed E-state index contributed by atoms with van der Waals surface area (Å²) in [7, 11) is 0. The van der Waals surface area contributed by atoms with Gasteiger partial charge in [0.1, 0.15) is 0 Å². The van der Waals surface area contributed by atoms with Gasteiger partial charge in [0.2, 0.25) is 0 Å². The Bertz CT molecular complexity index is 145. The predicted molar refractivity (Wildman–Crippen MR) is 45.3 cm³/mol. The zero-order valence-corrected chi connectivity index (χ0v) is 7.50. The summed E-state index contributed by atoms with van der Waals surface area (Å²) < 4.78 is 0. The van der Waals surface area contributed by atoms with Crippen LogP contribution in [0.15, 0.2) is 0 Å². The third kappa shape index (κ3) is 0.960. The maximum Gasteiger partial charge on any atom is 0.0102 e. The Balaban J connectivity index is 0.000000500. The van der Waals surface area contributed by atoms with Crippen LogP contribution in [0.1, 0.15) is 33.1 Å². The highest BCUT2D eigenvalue weighted by Gasteiger charge is 2.62. The smallest absolute Gasteiger partial charge is 0.0102 e. The first-order valence-corrected chi connectivity index (χ1v) is 3.80. The van der Waals surface area contributed by atoms with Gasteiger partial charge in [-0.2, -0.15) is 0 Å². The lowest BCUT2D eigenvalue weighted by Crippen LogP contribution is -2.37. The normalized spacial score (nSPS) is 38.1. The van der Waals surface area contributed by atoms with Crippen molar-refractivity contribution in [1.82, 2.24) is 0 Å². The van der Waals surface area contributed by atoms with Crippen LogP contribution in [0.5, 0.6) is 0 Å². The first-order chi connectivity index (χ1) is 4.04. The van der Waals surface area contributed by atoms with Crippen LogP contribution < -0.4 is 5.73 Å².